The van der Waals surface area contributed by atoms with E-state index in [4.69, 9.17) is 9.84 Å². The molecule has 3 N–H and O–H groups in total. The van der Waals surface area contributed by atoms with E-state index in [1.54, 1.807) is 17.5 Å². The minimum atomic E-state index is -0.305. The van der Waals surface area contributed by atoms with Crippen molar-refractivity contribution in [3.05, 3.63) is 22.4 Å². The third-order valence-corrected chi connectivity index (χ3v) is 3.23. The molecule has 0 saturated carbocycles. The van der Waals surface area contributed by atoms with Crippen LogP contribution in [0.25, 0.3) is 0 Å². The monoisotopic (exact) mass is 286 g/mol. The van der Waals surface area contributed by atoms with Gasteiger partial charge < -0.3 is 20.5 Å². The lowest BCUT2D eigenvalue weighted by atomic mass is 10.2. The Bertz CT molecular complexity index is 388. The van der Waals surface area contributed by atoms with Crippen LogP contribution in [0, 0.1) is 0 Å². The number of rotatable bonds is 8. The average molecular weight is 286 g/mol. The maximum atomic E-state index is 11.6. The molecular weight excluding hydrogens is 268 g/mol. The number of hydrogen-bond donors (Lipinski definition) is 3. The molecule has 0 aliphatic rings. The Morgan fingerprint density at radius 3 is 2.89 bits per heavy atom. The summed E-state index contributed by atoms with van der Waals surface area (Å²) in [6.07, 6.45) is 0.415. The summed E-state index contributed by atoms with van der Waals surface area (Å²) in [5.74, 6) is -0.573. The maximum absolute atomic E-state index is 11.6. The number of amides is 2. The minimum absolute atomic E-state index is 0.0319. The first-order valence-corrected chi connectivity index (χ1v) is 6.76. The van der Waals surface area contributed by atoms with E-state index in [9.17, 15) is 9.59 Å². The van der Waals surface area contributed by atoms with Crippen LogP contribution in [-0.4, -0.2) is 49.8 Å². The van der Waals surface area contributed by atoms with Gasteiger partial charge in [-0.15, -0.1) is 11.3 Å². The summed E-state index contributed by atoms with van der Waals surface area (Å²) in [5, 5.41) is 15.9. The number of ether oxygens (including phenoxy) is 1. The topological polar surface area (TPSA) is 87.7 Å². The van der Waals surface area contributed by atoms with Crippen molar-refractivity contribution >= 4 is 23.2 Å². The van der Waals surface area contributed by atoms with Crippen LogP contribution in [-0.2, 0) is 9.53 Å². The molecule has 1 heterocycles. The fourth-order valence-electron chi connectivity index (χ4n) is 1.49. The Labute approximate surface area is 115 Å². The van der Waals surface area contributed by atoms with Gasteiger partial charge in [0.15, 0.2) is 0 Å². The Morgan fingerprint density at radius 2 is 2.32 bits per heavy atom. The van der Waals surface area contributed by atoms with Gasteiger partial charge in [-0.2, -0.15) is 0 Å². The summed E-state index contributed by atoms with van der Waals surface area (Å²) < 4.78 is 4.93. The molecule has 6 nitrogen and oxygen atoms in total. The van der Waals surface area contributed by atoms with Gasteiger partial charge in [0.25, 0.3) is 5.91 Å². The molecule has 19 heavy (non-hydrogen) atoms. The summed E-state index contributed by atoms with van der Waals surface area (Å²) in [6.45, 7) is 0.198. The molecule has 1 rings (SSSR count). The number of carbonyl (C=O) groups excluding carboxylic acids is 2. The van der Waals surface area contributed by atoms with Crippen molar-refractivity contribution in [2.75, 3.05) is 26.9 Å². The van der Waals surface area contributed by atoms with Crippen molar-refractivity contribution in [3.8, 4) is 0 Å². The number of methoxy groups -OCH3 is 1. The molecule has 0 bridgehead atoms. The molecule has 1 aromatic rings. The SMILES string of the molecule is COCC(CCO)NC(=O)CNC(=O)c1cccs1. The maximum Gasteiger partial charge on any atom is 0.261 e. The summed E-state index contributed by atoms with van der Waals surface area (Å²) in [6, 6.07) is 3.22. The highest BCUT2D eigenvalue weighted by Crippen LogP contribution is 2.07. The largest absolute Gasteiger partial charge is 0.396 e. The van der Waals surface area contributed by atoms with E-state index < -0.39 is 0 Å². The normalized spacial score (nSPS) is 11.9. The van der Waals surface area contributed by atoms with Crippen molar-refractivity contribution < 1.29 is 19.4 Å². The van der Waals surface area contributed by atoms with Crippen LogP contribution in [0.2, 0.25) is 0 Å². The molecule has 1 aromatic heterocycles. The molecule has 0 aromatic carbocycles. The molecule has 7 heteroatoms. The first kappa shape index (κ1) is 15.6. The van der Waals surface area contributed by atoms with Crippen molar-refractivity contribution in [1.29, 1.82) is 0 Å². The van der Waals surface area contributed by atoms with Crippen molar-refractivity contribution in [1.82, 2.24) is 10.6 Å². The number of aliphatic hydroxyl groups excluding tert-OH is 1. The Balaban J connectivity index is 2.32. The van der Waals surface area contributed by atoms with Crippen molar-refractivity contribution in [2.24, 2.45) is 0 Å². The van der Waals surface area contributed by atoms with Crippen LogP contribution in [0.5, 0.6) is 0 Å². The molecule has 0 aliphatic heterocycles. The van der Waals surface area contributed by atoms with Crippen LogP contribution < -0.4 is 10.6 Å². The number of nitrogens with one attached hydrogen (secondary N) is 2. The number of thiophene rings is 1. The standard InChI is InChI=1S/C12H18N2O4S/c1-18-8-9(4-5-15)14-11(16)7-13-12(17)10-3-2-6-19-10/h2-3,6,9,15H,4-5,7-8H2,1H3,(H,13,17)(H,14,16). The molecule has 0 fully saturated rings. The van der Waals surface area contributed by atoms with E-state index in [0.717, 1.165) is 0 Å². The molecule has 106 valence electrons. The number of carbonyl (C=O) groups is 2. The predicted octanol–water partition coefficient (Wildman–Crippen LogP) is -0.00850. The molecule has 0 aliphatic carbocycles. The highest BCUT2D eigenvalue weighted by molar-refractivity contribution is 7.12. The van der Waals surface area contributed by atoms with Crippen LogP contribution in [0.3, 0.4) is 0 Å². The van der Waals surface area contributed by atoms with Gasteiger partial charge in [0, 0.05) is 13.7 Å². The lowest BCUT2D eigenvalue weighted by Gasteiger charge is -2.16. The molecule has 0 spiro atoms. The Hall–Kier alpha value is -1.44. The highest BCUT2D eigenvalue weighted by Gasteiger charge is 2.13. The molecule has 2 amide bonds. The van der Waals surface area contributed by atoms with Gasteiger partial charge >= 0.3 is 0 Å². The zero-order valence-corrected chi connectivity index (χ0v) is 11.5. The Morgan fingerprint density at radius 1 is 1.53 bits per heavy atom. The van der Waals surface area contributed by atoms with E-state index in [1.807, 2.05) is 0 Å². The molecule has 0 radical (unpaired) electrons. The molecule has 1 atom stereocenters. The second-order valence-corrected chi connectivity index (χ2v) is 4.84. The zero-order chi connectivity index (χ0) is 14.1. The second-order valence-electron chi connectivity index (χ2n) is 3.89. The van der Waals surface area contributed by atoms with Gasteiger partial charge in [0.1, 0.15) is 0 Å². The third kappa shape index (κ3) is 5.82. The first-order valence-electron chi connectivity index (χ1n) is 5.88. The minimum Gasteiger partial charge on any atom is -0.396 e. The van der Waals surface area contributed by atoms with Gasteiger partial charge in [-0.3, -0.25) is 9.59 Å². The van der Waals surface area contributed by atoms with Gasteiger partial charge in [0.2, 0.25) is 5.91 Å². The smallest absolute Gasteiger partial charge is 0.261 e. The van der Waals surface area contributed by atoms with Gasteiger partial charge in [-0.1, -0.05) is 6.07 Å². The number of hydrogen-bond acceptors (Lipinski definition) is 5. The fourth-order valence-corrected chi connectivity index (χ4v) is 2.13. The number of aliphatic hydroxyl groups is 1. The summed E-state index contributed by atoms with van der Waals surface area (Å²) >= 11 is 1.32. The Kier molecular flexibility index (Phi) is 7.09. The predicted molar refractivity (Wildman–Crippen MR) is 72.2 cm³/mol. The van der Waals surface area contributed by atoms with E-state index in [2.05, 4.69) is 10.6 Å². The molecular formula is C12H18N2O4S. The lowest BCUT2D eigenvalue weighted by Crippen LogP contribution is -2.44. The van der Waals surface area contributed by atoms with Crippen molar-refractivity contribution in [2.45, 2.75) is 12.5 Å². The van der Waals surface area contributed by atoms with E-state index in [0.29, 0.717) is 17.9 Å². The quantitative estimate of drug-likeness (QED) is 0.627. The zero-order valence-electron chi connectivity index (χ0n) is 10.7. The van der Waals surface area contributed by atoms with Gasteiger partial charge in [0.05, 0.1) is 24.1 Å². The van der Waals surface area contributed by atoms with Gasteiger partial charge in [-0.05, 0) is 17.9 Å². The fraction of sp³-hybridized carbons (Fsp3) is 0.500. The van der Waals surface area contributed by atoms with Crippen molar-refractivity contribution in [3.63, 3.8) is 0 Å². The van der Waals surface area contributed by atoms with E-state index in [1.165, 1.54) is 18.4 Å². The summed E-state index contributed by atoms with van der Waals surface area (Å²) in [4.78, 5) is 23.8. The summed E-state index contributed by atoms with van der Waals surface area (Å²) in [5.41, 5.74) is 0. The summed E-state index contributed by atoms with van der Waals surface area (Å²) in [7, 11) is 1.52. The van der Waals surface area contributed by atoms with E-state index in [-0.39, 0.29) is 31.0 Å². The van der Waals surface area contributed by atoms with Gasteiger partial charge in [-0.25, -0.2) is 0 Å². The van der Waals surface area contributed by atoms with Crippen LogP contribution in [0.15, 0.2) is 17.5 Å². The molecule has 1 unspecified atom stereocenters. The van der Waals surface area contributed by atoms with Crippen LogP contribution in [0.1, 0.15) is 16.1 Å². The average Bonchev–Trinajstić information content (AvgIpc) is 2.90. The van der Waals surface area contributed by atoms with E-state index >= 15 is 0 Å². The third-order valence-electron chi connectivity index (χ3n) is 2.36. The van der Waals surface area contributed by atoms with Crippen LogP contribution in [0.4, 0.5) is 0 Å². The van der Waals surface area contributed by atoms with Crippen LogP contribution >= 0.6 is 11.3 Å². The first-order chi connectivity index (χ1) is 9.17. The molecule has 0 saturated heterocycles. The lowest BCUT2D eigenvalue weighted by molar-refractivity contribution is -0.121. The highest BCUT2D eigenvalue weighted by atomic mass is 32.1. The second kappa shape index (κ2) is 8.63.